The fraction of sp³-hybridized carbons (Fsp3) is 0.615. The van der Waals surface area contributed by atoms with Crippen molar-refractivity contribution in [1.29, 1.82) is 0 Å². The highest BCUT2D eigenvalue weighted by atomic mass is 16.6. The number of nitro groups is 1. The van der Waals surface area contributed by atoms with Crippen molar-refractivity contribution in [1.82, 2.24) is 9.88 Å². The maximum Gasteiger partial charge on any atom is 0.278 e. The molecule has 0 bridgehead atoms. The molecule has 1 rings (SSSR count). The normalized spacial score (nSPS) is 11.0. The molecule has 0 aromatic carbocycles. The second kappa shape index (κ2) is 7.16. The molecule has 6 nitrogen and oxygen atoms in total. The van der Waals surface area contributed by atoms with Crippen molar-refractivity contribution >= 4 is 5.69 Å². The maximum atomic E-state index is 11.1. The zero-order valence-electron chi connectivity index (χ0n) is 11.7. The lowest BCUT2D eigenvalue weighted by molar-refractivity contribution is -0.386. The van der Waals surface area contributed by atoms with Crippen LogP contribution in [-0.4, -0.2) is 39.6 Å². The van der Waals surface area contributed by atoms with E-state index in [9.17, 15) is 10.1 Å². The van der Waals surface area contributed by atoms with Gasteiger partial charge in [-0.2, -0.15) is 0 Å². The van der Waals surface area contributed by atoms with Crippen LogP contribution in [0, 0.1) is 24.0 Å². The van der Waals surface area contributed by atoms with Crippen LogP contribution in [0.1, 0.15) is 30.2 Å². The van der Waals surface area contributed by atoms with Crippen molar-refractivity contribution < 1.29 is 10.0 Å². The first-order valence-corrected chi connectivity index (χ1v) is 6.43. The van der Waals surface area contributed by atoms with E-state index in [1.807, 2.05) is 6.92 Å². The molecule has 0 saturated heterocycles. The summed E-state index contributed by atoms with van der Waals surface area (Å²) < 4.78 is 0. The highest BCUT2D eigenvalue weighted by Crippen LogP contribution is 2.24. The molecule has 19 heavy (non-hydrogen) atoms. The molecule has 1 N–H and O–H groups in total. The third kappa shape index (κ3) is 3.97. The summed E-state index contributed by atoms with van der Waals surface area (Å²) in [5, 5.41) is 19.9. The molecular weight excluding hydrogens is 246 g/mol. The molecule has 0 amide bonds. The standard InChI is InChI=1S/C13H21N3O3/c1-4-15(6-5-7-17)9-12-11(3)13(16(18)19)10(2)8-14-12/h8,17H,4-7,9H2,1-3H3. The topological polar surface area (TPSA) is 79.5 Å². The van der Waals surface area contributed by atoms with E-state index in [-0.39, 0.29) is 17.2 Å². The smallest absolute Gasteiger partial charge is 0.278 e. The van der Waals surface area contributed by atoms with E-state index < -0.39 is 0 Å². The Morgan fingerprint density at radius 2 is 2.16 bits per heavy atom. The lowest BCUT2D eigenvalue weighted by Gasteiger charge is -2.20. The molecule has 0 aliphatic rings. The van der Waals surface area contributed by atoms with Crippen LogP contribution < -0.4 is 0 Å². The molecule has 0 spiro atoms. The SMILES string of the molecule is CCN(CCCO)Cc1ncc(C)c([N+](=O)[O-])c1C. The molecule has 0 saturated carbocycles. The Morgan fingerprint density at radius 1 is 1.47 bits per heavy atom. The monoisotopic (exact) mass is 267 g/mol. The summed E-state index contributed by atoms with van der Waals surface area (Å²) in [4.78, 5) is 17.1. The first-order chi connectivity index (χ1) is 9.01. The quantitative estimate of drug-likeness (QED) is 0.602. The number of aliphatic hydroxyl groups excluding tert-OH is 1. The van der Waals surface area contributed by atoms with E-state index >= 15 is 0 Å². The summed E-state index contributed by atoms with van der Waals surface area (Å²) in [5.74, 6) is 0. The molecule has 1 aromatic rings. The lowest BCUT2D eigenvalue weighted by atomic mass is 10.1. The summed E-state index contributed by atoms with van der Waals surface area (Å²) in [6.45, 7) is 7.77. The van der Waals surface area contributed by atoms with E-state index in [1.54, 1.807) is 20.0 Å². The van der Waals surface area contributed by atoms with Gasteiger partial charge in [0.1, 0.15) is 0 Å². The molecule has 0 fully saturated rings. The van der Waals surface area contributed by atoms with Gasteiger partial charge in [-0.3, -0.25) is 20.0 Å². The number of aryl methyl sites for hydroxylation is 1. The average molecular weight is 267 g/mol. The summed E-state index contributed by atoms with van der Waals surface area (Å²) in [7, 11) is 0. The van der Waals surface area contributed by atoms with Crippen molar-refractivity contribution in [2.24, 2.45) is 0 Å². The third-order valence-corrected chi connectivity index (χ3v) is 3.21. The first-order valence-electron chi connectivity index (χ1n) is 6.43. The van der Waals surface area contributed by atoms with Crippen LogP contribution in [0.4, 0.5) is 5.69 Å². The Bertz CT molecular complexity index is 449. The predicted molar refractivity (Wildman–Crippen MR) is 73.0 cm³/mol. The van der Waals surface area contributed by atoms with Crippen LogP contribution in [0.2, 0.25) is 0 Å². The van der Waals surface area contributed by atoms with Gasteiger partial charge in [0.2, 0.25) is 0 Å². The molecule has 106 valence electrons. The molecule has 1 aromatic heterocycles. The Labute approximate surface area is 113 Å². The van der Waals surface area contributed by atoms with Gasteiger partial charge in [-0.15, -0.1) is 0 Å². The highest BCUT2D eigenvalue weighted by molar-refractivity contribution is 5.47. The number of pyridine rings is 1. The molecule has 0 aliphatic carbocycles. The van der Waals surface area contributed by atoms with E-state index in [4.69, 9.17) is 5.11 Å². The predicted octanol–water partition coefficient (Wildman–Crippen LogP) is 1.81. The Hall–Kier alpha value is -1.53. The fourth-order valence-corrected chi connectivity index (χ4v) is 2.06. The third-order valence-electron chi connectivity index (χ3n) is 3.21. The van der Waals surface area contributed by atoms with Crippen molar-refractivity contribution in [3.05, 3.63) is 33.1 Å². The second-order valence-corrected chi connectivity index (χ2v) is 4.56. The first kappa shape index (κ1) is 15.5. The minimum Gasteiger partial charge on any atom is -0.396 e. The zero-order chi connectivity index (χ0) is 14.4. The molecule has 6 heteroatoms. The largest absolute Gasteiger partial charge is 0.396 e. The van der Waals surface area contributed by atoms with Gasteiger partial charge in [0.15, 0.2) is 0 Å². The van der Waals surface area contributed by atoms with Crippen LogP contribution in [0.3, 0.4) is 0 Å². The number of hydrogen-bond donors (Lipinski definition) is 1. The van der Waals surface area contributed by atoms with Crippen molar-refractivity contribution in [2.45, 2.75) is 33.7 Å². The number of nitrogens with zero attached hydrogens (tertiary/aromatic N) is 3. The van der Waals surface area contributed by atoms with Gasteiger partial charge in [-0.05, 0) is 26.8 Å². The summed E-state index contributed by atoms with van der Waals surface area (Å²) in [5.41, 5.74) is 2.11. The Kier molecular flexibility index (Phi) is 5.85. The fourth-order valence-electron chi connectivity index (χ4n) is 2.06. The minimum atomic E-state index is -0.347. The van der Waals surface area contributed by atoms with E-state index in [0.717, 1.165) is 18.8 Å². The number of aliphatic hydroxyl groups is 1. The van der Waals surface area contributed by atoms with Crippen molar-refractivity contribution in [3.8, 4) is 0 Å². The van der Waals surface area contributed by atoms with Gasteiger partial charge < -0.3 is 5.11 Å². The number of hydrogen-bond acceptors (Lipinski definition) is 5. The van der Waals surface area contributed by atoms with Gasteiger partial charge >= 0.3 is 0 Å². The molecular formula is C13H21N3O3. The molecule has 1 heterocycles. The molecule has 0 unspecified atom stereocenters. The summed E-state index contributed by atoms with van der Waals surface area (Å²) in [6, 6.07) is 0. The number of rotatable bonds is 7. The molecule has 0 atom stereocenters. The van der Waals surface area contributed by atoms with E-state index in [0.29, 0.717) is 24.1 Å². The average Bonchev–Trinajstić information content (AvgIpc) is 2.36. The van der Waals surface area contributed by atoms with Crippen LogP contribution in [0.15, 0.2) is 6.20 Å². The van der Waals surface area contributed by atoms with Crippen LogP contribution >= 0.6 is 0 Å². The van der Waals surface area contributed by atoms with Gasteiger partial charge in [-0.25, -0.2) is 0 Å². The second-order valence-electron chi connectivity index (χ2n) is 4.56. The Balaban J connectivity index is 2.95. The van der Waals surface area contributed by atoms with Gasteiger partial charge in [-0.1, -0.05) is 6.92 Å². The van der Waals surface area contributed by atoms with Gasteiger partial charge in [0, 0.05) is 37.0 Å². The maximum absolute atomic E-state index is 11.1. The summed E-state index contributed by atoms with van der Waals surface area (Å²) >= 11 is 0. The van der Waals surface area contributed by atoms with Gasteiger partial charge in [0.25, 0.3) is 5.69 Å². The molecule has 0 radical (unpaired) electrons. The number of aromatic nitrogens is 1. The van der Waals surface area contributed by atoms with Crippen LogP contribution in [0.5, 0.6) is 0 Å². The van der Waals surface area contributed by atoms with E-state index in [2.05, 4.69) is 9.88 Å². The van der Waals surface area contributed by atoms with Gasteiger partial charge in [0.05, 0.1) is 10.6 Å². The zero-order valence-corrected chi connectivity index (χ0v) is 11.7. The molecule has 0 aliphatic heterocycles. The highest BCUT2D eigenvalue weighted by Gasteiger charge is 2.19. The minimum absolute atomic E-state index is 0.150. The van der Waals surface area contributed by atoms with Crippen molar-refractivity contribution in [2.75, 3.05) is 19.7 Å². The van der Waals surface area contributed by atoms with Crippen molar-refractivity contribution in [3.63, 3.8) is 0 Å². The summed E-state index contributed by atoms with van der Waals surface area (Å²) in [6.07, 6.45) is 2.25. The van der Waals surface area contributed by atoms with Crippen LogP contribution in [-0.2, 0) is 6.54 Å². The Morgan fingerprint density at radius 3 is 2.68 bits per heavy atom. The van der Waals surface area contributed by atoms with Crippen LogP contribution in [0.25, 0.3) is 0 Å². The lowest BCUT2D eigenvalue weighted by Crippen LogP contribution is -2.25. The van der Waals surface area contributed by atoms with E-state index in [1.165, 1.54) is 0 Å².